The summed E-state index contributed by atoms with van der Waals surface area (Å²) in [7, 11) is 0. The molecule has 0 bridgehead atoms. The molecule has 2 aliphatic rings. The van der Waals surface area contributed by atoms with E-state index in [0.717, 1.165) is 31.1 Å². The van der Waals surface area contributed by atoms with Gasteiger partial charge in [0, 0.05) is 44.8 Å². The van der Waals surface area contributed by atoms with E-state index in [4.69, 9.17) is 9.47 Å². The lowest BCUT2D eigenvalue weighted by Crippen LogP contribution is -2.50. The van der Waals surface area contributed by atoms with Gasteiger partial charge in [-0.3, -0.25) is 9.69 Å². The molecule has 1 fully saturated rings. The Morgan fingerprint density at radius 1 is 1.04 bits per heavy atom. The quantitative estimate of drug-likeness (QED) is 0.824. The van der Waals surface area contributed by atoms with Gasteiger partial charge in [0.05, 0.1) is 6.54 Å². The number of piperazine rings is 1. The predicted molar refractivity (Wildman–Crippen MR) is 103 cm³/mol. The second-order valence-corrected chi connectivity index (χ2v) is 7.04. The first kappa shape index (κ1) is 18.7. The van der Waals surface area contributed by atoms with Crippen LogP contribution in [-0.4, -0.2) is 55.2 Å². The minimum atomic E-state index is -0.250. The molecule has 1 saturated heterocycles. The minimum absolute atomic E-state index is 0.0547. The normalized spacial score (nSPS) is 16.4. The van der Waals surface area contributed by atoms with Crippen LogP contribution in [0.1, 0.15) is 11.1 Å². The highest BCUT2D eigenvalue weighted by Gasteiger charge is 2.21. The SMILES string of the molecule is O=C(CNCc1ccccc1F)N1CCN(Cc2ccc3c(c2)OCO3)CC1. The molecule has 2 heterocycles. The van der Waals surface area contributed by atoms with Crippen LogP contribution in [0.15, 0.2) is 42.5 Å². The largest absolute Gasteiger partial charge is 0.454 e. The van der Waals surface area contributed by atoms with Gasteiger partial charge in [0.1, 0.15) is 5.82 Å². The van der Waals surface area contributed by atoms with Crippen molar-refractivity contribution in [2.45, 2.75) is 13.1 Å². The second kappa shape index (κ2) is 8.58. The van der Waals surface area contributed by atoms with Crippen molar-refractivity contribution in [1.82, 2.24) is 15.1 Å². The Bertz CT molecular complexity index is 837. The third kappa shape index (κ3) is 4.43. The first-order chi connectivity index (χ1) is 13.7. The van der Waals surface area contributed by atoms with Gasteiger partial charge in [0.25, 0.3) is 0 Å². The van der Waals surface area contributed by atoms with Crippen LogP contribution in [0.25, 0.3) is 0 Å². The molecule has 0 aromatic heterocycles. The van der Waals surface area contributed by atoms with Crippen molar-refractivity contribution in [1.29, 1.82) is 0 Å². The smallest absolute Gasteiger partial charge is 0.236 e. The molecule has 0 aliphatic carbocycles. The molecule has 6 nitrogen and oxygen atoms in total. The molecule has 0 unspecified atom stereocenters. The number of halogens is 1. The zero-order chi connectivity index (χ0) is 19.3. The summed E-state index contributed by atoms with van der Waals surface area (Å²) < 4.78 is 24.4. The van der Waals surface area contributed by atoms with E-state index in [2.05, 4.69) is 16.3 Å². The number of nitrogens with zero attached hydrogens (tertiary/aromatic N) is 2. The van der Waals surface area contributed by atoms with E-state index >= 15 is 0 Å². The molecule has 0 spiro atoms. The number of amides is 1. The number of carbonyl (C=O) groups excluding carboxylic acids is 1. The van der Waals surface area contributed by atoms with Crippen LogP contribution in [-0.2, 0) is 17.9 Å². The predicted octanol–water partition coefficient (Wildman–Crippen LogP) is 1.99. The summed E-state index contributed by atoms with van der Waals surface area (Å²) in [6.07, 6.45) is 0. The summed E-state index contributed by atoms with van der Waals surface area (Å²) in [5, 5.41) is 3.04. The Balaban J connectivity index is 1.20. The number of benzene rings is 2. The van der Waals surface area contributed by atoms with Gasteiger partial charge in [-0.25, -0.2) is 4.39 Å². The van der Waals surface area contributed by atoms with Crippen molar-refractivity contribution in [2.24, 2.45) is 0 Å². The highest BCUT2D eigenvalue weighted by Crippen LogP contribution is 2.32. The average Bonchev–Trinajstić information content (AvgIpc) is 3.18. The van der Waals surface area contributed by atoms with Crippen molar-refractivity contribution in [2.75, 3.05) is 39.5 Å². The molecule has 2 aliphatic heterocycles. The van der Waals surface area contributed by atoms with E-state index in [1.54, 1.807) is 18.2 Å². The van der Waals surface area contributed by atoms with Gasteiger partial charge in [-0.05, 0) is 23.8 Å². The maximum atomic E-state index is 13.6. The summed E-state index contributed by atoms with van der Waals surface area (Å²) >= 11 is 0. The van der Waals surface area contributed by atoms with E-state index in [9.17, 15) is 9.18 Å². The van der Waals surface area contributed by atoms with Crippen molar-refractivity contribution in [3.05, 3.63) is 59.4 Å². The van der Waals surface area contributed by atoms with Gasteiger partial charge in [-0.15, -0.1) is 0 Å². The minimum Gasteiger partial charge on any atom is -0.454 e. The summed E-state index contributed by atoms with van der Waals surface area (Å²) in [6.45, 7) is 4.73. The lowest BCUT2D eigenvalue weighted by molar-refractivity contribution is -0.132. The maximum Gasteiger partial charge on any atom is 0.236 e. The molecule has 148 valence electrons. The molecule has 4 rings (SSSR count). The first-order valence-corrected chi connectivity index (χ1v) is 9.52. The van der Waals surface area contributed by atoms with Gasteiger partial charge < -0.3 is 19.7 Å². The summed E-state index contributed by atoms with van der Waals surface area (Å²) in [5.41, 5.74) is 1.75. The lowest BCUT2D eigenvalue weighted by atomic mass is 10.1. The van der Waals surface area contributed by atoms with E-state index in [1.165, 1.54) is 11.6 Å². The lowest BCUT2D eigenvalue weighted by Gasteiger charge is -2.34. The molecule has 1 amide bonds. The Kier molecular flexibility index (Phi) is 5.73. The third-order valence-corrected chi connectivity index (χ3v) is 5.12. The zero-order valence-corrected chi connectivity index (χ0v) is 15.7. The summed E-state index contributed by atoms with van der Waals surface area (Å²) in [4.78, 5) is 16.6. The topological polar surface area (TPSA) is 54.0 Å². The van der Waals surface area contributed by atoms with Crippen molar-refractivity contribution < 1.29 is 18.7 Å². The van der Waals surface area contributed by atoms with Crippen LogP contribution in [0.2, 0.25) is 0 Å². The number of carbonyl (C=O) groups is 1. The molecule has 0 saturated carbocycles. The van der Waals surface area contributed by atoms with Crippen LogP contribution in [0.4, 0.5) is 4.39 Å². The number of nitrogens with one attached hydrogen (secondary N) is 1. The van der Waals surface area contributed by atoms with E-state index in [0.29, 0.717) is 25.2 Å². The fourth-order valence-corrected chi connectivity index (χ4v) is 3.51. The number of hydrogen-bond donors (Lipinski definition) is 1. The Labute approximate surface area is 163 Å². The Morgan fingerprint density at radius 3 is 2.64 bits per heavy atom. The molecular formula is C21H24FN3O3. The summed E-state index contributed by atoms with van der Waals surface area (Å²) in [5.74, 6) is 1.40. The van der Waals surface area contributed by atoms with Gasteiger partial charge in [0.2, 0.25) is 12.7 Å². The average molecular weight is 385 g/mol. The van der Waals surface area contributed by atoms with Crippen molar-refractivity contribution in [3.8, 4) is 11.5 Å². The van der Waals surface area contributed by atoms with Crippen LogP contribution in [0, 0.1) is 5.82 Å². The van der Waals surface area contributed by atoms with E-state index in [1.807, 2.05) is 17.0 Å². The van der Waals surface area contributed by atoms with Crippen LogP contribution in [0.3, 0.4) is 0 Å². The van der Waals surface area contributed by atoms with Crippen LogP contribution < -0.4 is 14.8 Å². The molecule has 2 aromatic rings. The first-order valence-electron chi connectivity index (χ1n) is 9.52. The number of fused-ring (bicyclic) bond motifs is 1. The highest BCUT2D eigenvalue weighted by atomic mass is 19.1. The Morgan fingerprint density at radius 2 is 1.82 bits per heavy atom. The zero-order valence-electron chi connectivity index (χ0n) is 15.7. The van der Waals surface area contributed by atoms with Gasteiger partial charge in [0.15, 0.2) is 11.5 Å². The van der Waals surface area contributed by atoms with E-state index in [-0.39, 0.29) is 25.1 Å². The van der Waals surface area contributed by atoms with Crippen molar-refractivity contribution >= 4 is 5.91 Å². The van der Waals surface area contributed by atoms with Crippen LogP contribution in [0.5, 0.6) is 11.5 Å². The fourth-order valence-electron chi connectivity index (χ4n) is 3.51. The standard InChI is InChI=1S/C21H24FN3O3/c22-18-4-2-1-3-17(18)12-23-13-21(26)25-9-7-24(8-10-25)14-16-5-6-19-20(11-16)28-15-27-19/h1-6,11,23H,7-10,12-15H2. The maximum absolute atomic E-state index is 13.6. The number of hydrogen-bond acceptors (Lipinski definition) is 5. The summed E-state index contributed by atoms with van der Waals surface area (Å²) in [6, 6.07) is 12.6. The second-order valence-electron chi connectivity index (χ2n) is 7.04. The van der Waals surface area contributed by atoms with Crippen molar-refractivity contribution in [3.63, 3.8) is 0 Å². The highest BCUT2D eigenvalue weighted by molar-refractivity contribution is 5.78. The molecule has 0 radical (unpaired) electrons. The molecule has 2 aromatic carbocycles. The third-order valence-electron chi connectivity index (χ3n) is 5.12. The molecule has 7 heteroatoms. The number of ether oxygens (including phenoxy) is 2. The van der Waals surface area contributed by atoms with Gasteiger partial charge in [-0.1, -0.05) is 24.3 Å². The molecule has 1 N–H and O–H groups in total. The molecular weight excluding hydrogens is 361 g/mol. The Hall–Kier alpha value is -2.64. The van der Waals surface area contributed by atoms with Crippen LogP contribution >= 0.6 is 0 Å². The van der Waals surface area contributed by atoms with E-state index < -0.39 is 0 Å². The molecule has 0 atom stereocenters. The van der Waals surface area contributed by atoms with Gasteiger partial charge in [-0.2, -0.15) is 0 Å². The monoisotopic (exact) mass is 385 g/mol. The number of rotatable bonds is 6. The molecule has 28 heavy (non-hydrogen) atoms. The van der Waals surface area contributed by atoms with Gasteiger partial charge >= 0.3 is 0 Å². The fraction of sp³-hybridized carbons (Fsp3) is 0.381.